The summed E-state index contributed by atoms with van der Waals surface area (Å²) in [7, 11) is 0. The Morgan fingerprint density at radius 2 is 1.81 bits per heavy atom. The van der Waals surface area contributed by atoms with Crippen molar-refractivity contribution in [3.05, 3.63) is 30.1 Å². The van der Waals surface area contributed by atoms with Crippen molar-refractivity contribution >= 4 is 22.9 Å². The second-order valence-electron chi connectivity index (χ2n) is 7.29. The van der Waals surface area contributed by atoms with Crippen LogP contribution in [0.3, 0.4) is 0 Å². The number of aliphatic carboxylic acids is 1. The summed E-state index contributed by atoms with van der Waals surface area (Å²) in [6, 6.07) is 8.06. The van der Waals surface area contributed by atoms with E-state index in [1.165, 1.54) is 0 Å². The van der Waals surface area contributed by atoms with Crippen LogP contribution in [0.2, 0.25) is 0 Å². The average molecular weight is 365 g/mol. The molecule has 1 saturated carbocycles. The van der Waals surface area contributed by atoms with Crippen LogP contribution in [0.25, 0.3) is 11.0 Å². The van der Waals surface area contributed by atoms with Crippen LogP contribution in [0.15, 0.2) is 24.3 Å². The molecule has 1 aromatic heterocycles. The van der Waals surface area contributed by atoms with E-state index in [4.69, 9.17) is 0 Å². The predicted molar refractivity (Wildman–Crippen MR) is 92.3 cm³/mol. The average Bonchev–Trinajstić information content (AvgIpc) is 2.94. The zero-order chi connectivity index (χ0) is 18.3. The molecule has 2 aromatic rings. The Bertz CT molecular complexity index is 817. The molecule has 1 aliphatic rings. The molecule has 7 heteroatoms. The minimum Gasteiger partial charge on any atom is -0.550 e. The summed E-state index contributed by atoms with van der Waals surface area (Å²) in [4.78, 5) is 28.4. The van der Waals surface area contributed by atoms with E-state index >= 15 is 0 Å². The largest absolute Gasteiger partial charge is 1.00 e. The number of carbonyl (C=O) groups excluding carboxylic acids is 2. The first-order valence-electron chi connectivity index (χ1n) is 8.77. The molecule has 0 radical (unpaired) electrons. The van der Waals surface area contributed by atoms with Crippen LogP contribution < -0.4 is 40.0 Å². The quantitative estimate of drug-likeness (QED) is 0.654. The number of nitrogens with zero attached hydrogens (tertiary/aromatic N) is 2. The third kappa shape index (κ3) is 3.55. The van der Waals surface area contributed by atoms with Gasteiger partial charge in [-0.2, -0.15) is 0 Å². The fourth-order valence-electron chi connectivity index (χ4n) is 4.01. The number of imidazole rings is 1. The molecule has 1 fully saturated rings. The maximum absolute atomic E-state index is 12.5. The van der Waals surface area contributed by atoms with Gasteiger partial charge in [0.15, 0.2) is 0 Å². The maximum atomic E-state index is 12.5. The van der Waals surface area contributed by atoms with E-state index in [-0.39, 0.29) is 59.9 Å². The van der Waals surface area contributed by atoms with Gasteiger partial charge in [-0.3, -0.25) is 4.79 Å². The number of carboxylic acids is 1. The van der Waals surface area contributed by atoms with Crippen molar-refractivity contribution in [1.29, 1.82) is 0 Å². The summed E-state index contributed by atoms with van der Waals surface area (Å²) in [5.74, 6) is -1.85. The monoisotopic (exact) mass is 365 g/mol. The molecule has 0 spiro atoms. The number of rotatable bonds is 5. The number of fused-ring (bicyclic) bond motifs is 1. The number of carboxylic acid groups (broad SMARTS) is 1. The summed E-state index contributed by atoms with van der Waals surface area (Å²) in [5.41, 5.74) is 1.92. The summed E-state index contributed by atoms with van der Waals surface area (Å²) < 4.78 is 2.10. The fraction of sp³-hybridized carbons (Fsp3) is 0.526. The zero-order valence-corrected chi connectivity index (χ0v) is 18.0. The molecule has 0 aliphatic heterocycles. The van der Waals surface area contributed by atoms with Crippen molar-refractivity contribution < 1.29 is 44.3 Å². The van der Waals surface area contributed by atoms with Gasteiger partial charge in [0, 0.05) is 23.8 Å². The molecule has 1 amide bonds. The molecule has 6 nitrogen and oxygen atoms in total. The standard InChI is InChI=1S/C19H25N3O3.Na/c1-10(2)22-14-8-6-5-7-13(14)21-15(22)9-20-18(23)16-11(3)12(4)17(16)19(24)25;/h5-8,10-12,16-17H,9H2,1-4H3,(H,20,23)(H,24,25);/q;+1/p-1/t11?,12?,16-,17+;/m1./s1. The molecule has 134 valence electrons. The number of aromatic nitrogens is 2. The van der Waals surface area contributed by atoms with Crippen molar-refractivity contribution in [2.75, 3.05) is 0 Å². The molecule has 26 heavy (non-hydrogen) atoms. The molecule has 1 aromatic carbocycles. The molecule has 0 saturated heterocycles. The van der Waals surface area contributed by atoms with Gasteiger partial charge in [0.2, 0.25) is 5.91 Å². The van der Waals surface area contributed by atoms with Crippen LogP contribution in [0.4, 0.5) is 0 Å². The first-order chi connectivity index (χ1) is 11.8. The Labute approximate surface area is 175 Å². The van der Waals surface area contributed by atoms with E-state index < -0.39 is 17.8 Å². The van der Waals surface area contributed by atoms with Crippen molar-refractivity contribution in [1.82, 2.24) is 14.9 Å². The van der Waals surface area contributed by atoms with Gasteiger partial charge in [0.25, 0.3) is 0 Å². The van der Waals surface area contributed by atoms with E-state index in [1.807, 2.05) is 38.1 Å². The number of benzene rings is 1. The van der Waals surface area contributed by atoms with E-state index in [2.05, 4.69) is 28.7 Å². The molecule has 1 N–H and O–H groups in total. The number of carbonyl (C=O) groups is 2. The van der Waals surface area contributed by atoms with Gasteiger partial charge in [-0.15, -0.1) is 0 Å². The SMILES string of the molecule is CC1C(C)[C@H](C(=O)[O-])[C@@H]1C(=O)NCc1nc2ccccc2n1C(C)C.[Na+]. The van der Waals surface area contributed by atoms with E-state index in [9.17, 15) is 14.7 Å². The third-order valence-electron chi connectivity index (χ3n) is 5.53. The van der Waals surface area contributed by atoms with E-state index in [1.54, 1.807) is 0 Å². The van der Waals surface area contributed by atoms with Gasteiger partial charge < -0.3 is 19.8 Å². The molecule has 4 atom stereocenters. The van der Waals surface area contributed by atoms with Crippen LogP contribution in [-0.2, 0) is 16.1 Å². The number of para-hydroxylation sites is 2. The summed E-state index contributed by atoms with van der Waals surface area (Å²) in [6.45, 7) is 8.19. The Hall–Kier alpha value is -1.37. The van der Waals surface area contributed by atoms with Crippen LogP contribution >= 0.6 is 0 Å². The number of nitrogens with one attached hydrogen (secondary N) is 1. The van der Waals surface area contributed by atoms with Gasteiger partial charge >= 0.3 is 29.6 Å². The van der Waals surface area contributed by atoms with Gasteiger partial charge in [-0.05, 0) is 37.8 Å². The van der Waals surface area contributed by atoms with Crippen molar-refractivity contribution in [3.8, 4) is 0 Å². The van der Waals surface area contributed by atoms with Crippen LogP contribution in [0, 0.1) is 23.7 Å². The summed E-state index contributed by atoms with van der Waals surface area (Å²) in [6.07, 6.45) is 0. The number of hydrogen-bond donors (Lipinski definition) is 1. The molecule has 2 unspecified atom stereocenters. The first-order valence-corrected chi connectivity index (χ1v) is 8.77. The predicted octanol–water partition coefficient (Wildman–Crippen LogP) is -1.49. The Kier molecular flexibility index (Phi) is 6.53. The molecule has 3 rings (SSSR count). The van der Waals surface area contributed by atoms with Crippen molar-refractivity contribution in [3.63, 3.8) is 0 Å². The molecular weight excluding hydrogens is 341 g/mol. The van der Waals surface area contributed by atoms with Gasteiger partial charge in [-0.25, -0.2) is 4.98 Å². The zero-order valence-electron chi connectivity index (χ0n) is 16.0. The van der Waals surface area contributed by atoms with Crippen LogP contribution in [0.1, 0.15) is 39.6 Å². The van der Waals surface area contributed by atoms with Crippen molar-refractivity contribution in [2.24, 2.45) is 23.7 Å². The Balaban J connectivity index is 0.00000243. The second-order valence-corrected chi connectivity index (χ2v) is 7.29. The van der Waals surface area contributed by atoms with Gasteiger partial charge in [0.1, 0.15) is 5.82 Å². The number of amides is 1. The van der Waals surface area contributed by atoms with Gasteiger partial charge in [0.05, 0.1) is 17.6 Å². The van der Waals surface area contributed by atoms with Crippen LogP contribution in [-0.4, -0.2) is 21.4 Å². The second kappa shape index (κ2) is 8.11. The normalized spacial score (nSPS) is 24.8. The maximum Gasteiger partial charge on any atom is 1.00 e. The van der Waals surface area contributed by atoms with Gasteiger partial charge in [-0.1, -0.05) is 26.0 Å². The fourth-order valence-corrected chi connectivity index (χ4v) is 4.01. The molecular formula is C19H24N3NaO3. The van der Waals surface area contributed by atoms with E-state index in [0.717, 1.165) is 16.9 Å². The van der Waals surface area contributed by atoms with Crippen molar-refractivity contribution in [2.45, 2.75) is 40.3 Å². The molecule has 1 heterocycles. The Morgan fingerprint density at radius 3 is 2.42 bits per heavy atom. The smallest absolute Gasteiger partial charge is 0.550 e. The first kappa shape index (κ1) is 20.9. The van der Waals surface area contributed by atoms with E-state index in [0.29, 0.717) is 0 Å². The minimum absolute atomic E-state index is 0. The minimum atomic E-state index is -1.14. The Morgan fingerprint density at radius 1 is 1.19 bits per heavy atom. The summed E-state index contributed by atoms with van der Waals surface area (Å²) >= 11 is 0. The molecule has 1 aliphatic carbocycles. The number of hydrogen-bond acceptors (Lipinski definition) is 4. The summed E-state index contributed by atoms with van der Waals surface area (Å²) in [5, 5.41) is 14.2. The molecule has 0 bridgehead atoms. The van der Waals surface area contributed by atoms with Crippen LogP contribution in [0.5, 0.6) is 0 Å². The third-order valence-corrected chi connectivity index (χ3v) is 5.53. The topological polar surface area (TPSA) is 87.0 Å².